The fourth-order valence-electron chi connectivity index (χ4n) is 2.11. The van der Waals surface area contributed by atoms with Crippen LogP contribution in [0.5, 0.6) is 11.6 Å². The van der Waals surface area contributed by atoms with Gasteiger partial charge in [0.2, 0.25) is 0 Å². The number of ether oxygens (including phenoxy) is 1. The molecule has 0 aliphatic rings. The lowest BCUT2D eigenvalue weighted by molar-refractivity contribution is 0.415. The van der Waals surface area contributed by atoms with Crippen LogP contribution >= 0.6 is 0 Å². The maximum Gasteiger partial charge on any atom is 0.198 e. The molecule has 0 amide bonds. The molecule has 0 bridgehead atoms. The second kappa shape index (κ2) is 5.28. The topological polar surface area (TPSA) is 57.6 Å². The Bertz CT molecular complexity index is 807. The highest BCUT2D eigenvalue weighted by Gasteiger charge is 2.09. The summed E-state index contributed by atoms with van der Waals surface area (Å²) < 4.78 is 18.4. The number of aromatic hydroxyl groups is 1. The number of nitrogens with one attached hydrogen (secondary N) is 1. The van der Waals surface area contributed by atoms with Gasteiger partial charge in [0.15, 0.2) is 5.88 Å². The molecular weight excluding hydrogens is 271 g/mol. The number of H-pyrrole nitrogens is 1. The van der Waals surface area contributed by atoms with Gasteiger partial charge in [0.05, 0.1) is 18.4 Å². The van der Waals surface area contributed by atoms with Gasteiger partial charge in [-0.25, -0.2) is 4.39 Å². The number of fused-ring (bicyclic) bond motifs is 1. The molecule has 0 aliphatic heterocycles. The standard InChI is InChI=1S/C16H13FN2O2/c1-21-12-5-3-11(4-6-12)18-9-14-13-8-10(17)2-7-15(13)19-16(14)20/h2-9,19-20H,1H3. The lowest BCUT2D eigenvalue weighted by Gasteiger charge is -1.99. The van der Waals surface area contributed by atoms with Gasteiger partial charge in [-0.2, -0.15) is 0 Å². The van der Waals surface area contributed by atoms with Gasteiger partial charge in [0.1, 0.15) is 11.6 Å². The van der Waals surface area contributed by atoms with Crippen molar-refractivity contribution in [1.82, 2.24) is 4.98 Å². The van der Waals surface area contributed by atoms with E-state index in [0.29, 0.717) is 22.2 Å². The lowest BCUT2D eigenvalue weighted by Crippen LogP contribution is -1.82. The first-order valence-electron chi connectivity index (χ1n) is 6.35. The predicted octanol–water partition coefficient (Wildman–Crippen LogP) is 3.77. The monoisotopic (exact) mass is 284 g/mol. The molecule has 0 atom stereocenters. The summed E-state index contributed by atoms with van der Waals surface area (Å²) in [4.78, 5) is 7.07. The summed E-state index contributed by atoms with van der Waals surface area (Å²) >= 11 is 0. The zero-order chi connectivity index (χ0) is 14.8. The van der Waals surface area contributed by atoms with Crippen molar-refractivity contribution in [3.8, 4) is 11.6 Å². The Morgan fingerprint density at radius 2 is 1.95 bits per heavy atom. The number of aromatic amines is 1. The molecule has 106 valence electrons. The predicted molar refractivity (Wildman–Crippen MR) is 80.2 cm³/mol. The Labute approximate surface area is 120 Å². The third kappa shape index (κ3) is 2.58. The van der Waals surface area contributed by atoms with Gasteiger partial charge in [-0.05, 0) is 42.5 Å². The van der Waals surface area contributed by atoms with E-state index in [9.17, 15) is 9.50 Å². The number of hydrogen-bond donors (Lipinski definition) is 2. The van der Waals surface area contributed by atoms with Crippen LogP contribution < -0.4 is 4.74 Å². The summed E-state index contributed by atoms with van der Waals surface area (Å²) in [5.41, 5.74) is 1.83. The van der Waals surface area contributed by atoms with Crippen LogP contribution in [-0.4, -0.2) is 23.4 Å². The fourth-order valence-corrected chi connectivity index (χ4v) is 2.11. The lowest BCUT2D eigenvalue weighted by atomic mass is 10.2. The number of nitrogens with zero attached hydrogens (tertiary/aromatic N) is 1. The van der Waals surface area contributed by atoms with Gasteiger partial charge in [-0.15, -0.1) is 0 Å². The number of halogens is 1. The van der Waals surface area contributed by atoms with Crippen molar-refractivity contribution < 1.29 is 14.2 Å². The highest BCUT2D eigenvalue weighted by molar-refractivity contribution is 6.02. The average molecular weight is 284 g/mol. The van der Waals surface area contributed by atoms with Crippen LogP contribution in [0.1, 0.15) is 5.56 Å². The van der Waals surface area contributed by atoms with Gasteiger partial charge in [-0.1, -0.05) is 0 Å². The molecule has 0 unspecified atom stereocenters. The van der Waals surface area contributed by atoms with Crippen LogP contribution in [0.4, 0.5) is 10.1 Å². The first kappa shape index (κ1) is 13.2. The summed E-state index contributed by atoms with van der Waals surface area (Å²) in [6.45, 7) is 0. The molecule has 2 N–H and O–H groups in total. The van der Waals surface area contributed by atoms with E-state index in [1.165, 1.54) is 18.3 Å². The first-order valence-corrected chi connectivity index (χ1v) is 6.35. The van der Waals surface area contributed by atoms with Crippen LogP contribution in [-0.2, 0) is 0 Å². The zero-order valence-electron chi connectivity index (χ0n) is 11.3. The van der Waals surface area contributed by atoms with Crippen LogP contribution in [0.15, 0.2) is 47.5 Å². The van der Waals surface area contributed by atoms with Crippen molar-refractivity contribution in [2.75, 3.05) is 7.11 Å². The van der Waals surface area contributed by atoms with E-state index in [1.54, 1.807) is 37.4 Å². The Hall–Kier alpha value is -2.82. The van der Waals surface area contributed by atoms with Crippen molar-refractivity contribution in [2.45, 2.75) is 0 Å². The number of hydrogen-bond acceptors (Lipinski definition) is 3. The molecule has 21 heavy (non-hydrogen) atoms. The van der Waals surface area contributed by atoms with E-state index in [-0.39, 0.29) is 11.7 Å². The van der Waals surface area contributed by atoms with Crippen molar-refractivity contribution in [3.05, 3.63) is 53.8 Å². The number of aliphatic imine (C=N–C) groups is 1. The van der Waals surface area contributed by atoms with Crippen LogP contribution in [0.3, 0.4) is 0 Å². The third-order valence-electron chi connectivity index (χ3n) is 3.20. The van der Waals surface area contributed by atoms with E-state index in [4.69, 9.17) is 4.74 Å². The largest absolute Gasteiger partial charge is 0.497 e. The van der Waals surface area contributed by atoms with Crippen molar-refractivity contribution >= 4 is 22.8 Å². The summed E-state index contributed by atoms with van der Waals surface area (Å²) in [7, 11) is 1.59. The van der Waals surface area contributed by atoms with Gasteiger partial charge in [0.25, 0.3) is 0 Å². The normalized spacial score (nSPS) is 11.3. The number of benzene rings is 2. The van der Waals surface area contributed by atoms with E-state index in [1.807, 2.05) is 0 Å². The molecule has 1 aromatic heterocycles. The highest BCUT2D eigenvalue weighted by Crippen LogP contribution is 2.27. The second-order valence-corrected chi connectivity index (χ2v) is 4.53. The Morgan fingerprint density at radius 3 is 2.67 bits per heavy atom. The Kier molecular flexibility index (Phi) is 3.31. The minimum absolute atomic E-state index is 0.0344. The maximum absolute atomic E-state index is 13.3. The molecule has 0 spiro atoms. The molecule has 0 saturated heterocycles. The number of aromatic nitrogens is 1. The molecule has 0 saturated carbocycles. The van der Waals surface area contributed by atoms with Gasteiger partial charge >= 0.3 is 0 Å². The summed E-state index contributed by atoms with van der Waals surface area (Å²) in [5, 5.41) is 10.5. The molecule has 3 rings (SSSR count). The molecule has 0 fully saturated rings. The molecule has 1 heterocycles. The second-order valence-electron chi connectivity index (χ2n) is 4.53. The molecule has 0 radical (unpaired) electrons. The SMILES string of the molecule is COc1ccc(N=Cc2c(O)[nH]c3ccc(F)cc23)cc1. The smallest absolute Gasteiger partial charge is 0.198 e. The van der Waals surface area contributed by atoms with Gasteiger partial charge in [-0.3, -0.25) is 4.99 Å². The molecule has 0 aliphatic carbocycles. The Morgan fingerprint density at radius 1 is 1.19 bits per heavy atom. The zero-order valence-corrected chi connectivity index (χ0v) is 11.3. The molecule has 3 aromatic rings. The summed E-state index contributed by atoms with van der Waals surface area (Å²) in [5.74, 6) is 0.347. The van der Waals surface area contributed by atoms with Crippen LogP contribution in [0.2, 0.25) is 0 Å². The van der Waals surface area contributed by atoms with Crippen molar-refractivity contribution in [1.29, 1.82) is 0 Å². The first-order chi connectivity index (χ1) is 10.2. The number of rotatable bonds is 3. The van der Waals surface area contributed by atoms with Crippen molar-refractivity contribution in [3.63, 3.8) is 0 Å². The third-order valence-corrected chi connectivity index (χ3v) is 3.20. The quantitative estimate of drug-likeness (QED) is 0.719. The van der Waals surface area contributed by atoms with Crippen molar-refractivity contribution in [2.24, 2.45) is 4.99 Å². The average Bonchev–Trinajstić information content (AvgIpc) is 2.80. The number of methoxy groups -OCH3 is 1. The van der Waals surface area contributed by atoms with Crippen LogP contribution in [0.25, 0.3) is 10.9 Å². The van der Waals surface area contributed by atoms with E-state index in [0.717, 1.165) is 5.75 Å². The van der Waals surface area contributed by atoms with E-state index in [2.05, 4.69) is 9.98 Å². The summed E-state index contributed by atoms with van der Waals surface area (Å²) in [6, 6.07) is 11.4. The fraction of sp³-hybridized carbons (Fsp3) is 0.0625. The van der Waals surface area contributed by atoms with E-state index < -0.39 is 0 Å². The maximum atomic E-state index is 13.3. The summed E-state index contributed by atoms with van der Waals surface area (Å²) in [6.07, 6.45) is 1.51. The minimum atomic E-state index is -0.361. The van der Waals surface area contributed by atoms with Crippen LogP contribution in [0, 0.1) is 5.82 Å². The Balaban J connectivity index is 1.98. The molecular formula is C16H13FN2O2. The molecule has 2 aromatic carbocycles. The minimum Gasteiger partial charge on any atom is -0.497 e. The van der Waals surface area contributed by atoms with E-state index >= 15 is 0 Å². The highest BCUT2D eigenvalue weighted by atomic mass is 19.1. The van der Waals surface area contributed by atoms with Gasteiger partial charge in [0, 0.05) is 17.1 Å². The molecule has 5 heteroatoms. The van der Waals surface area contributed by atoms with Gasteiger partial charge < -0.3 is 14.8 Å². The molecule has 4 nitrogen and oxygen atoms in total.